The molecule has 0 bridgehead atoms. The van der Waals surface area contributed by atoms with Crippen molar-refractivity contribution in [3.63, 3.8) is 0 Å². The number of rotatable bonds is 4. The summed E-state index contributed by atoms with van der Waals surface area (Å²) in [6.45, 7) is 3.28. The molecule has 1 aliphatic heterocycles. The van der Waals surface area contributed by atoms with Crippen LogP contribution in [0.25, 0.3) is 16.7 Å². The molecule has 136 valence electrons. The number of aliphatic hydroxyl groups is 1. The van der Waals surface area contributed by atoms with E-state index in [-0.39, 0.29) is 12.2 Å². The molecule has 6 heteroatoms. The smallest absolute Gasteiger partial charge is 0.333 e. The summed E-state index contributed by atoms with van der Waals surface area (Å²) in [5.74, 6) is 0. The predicted molar refractivity (Wildman–Crippen MR) is 107 cm³/mol. The van der Waals surface area contributed by atoms with E-state index in [0.29, 0.717) is 6.04 Å². The van der Waals surface area contributed by atoms with Gasteiger partial charge in [-0.15, -0.1) is 0 Å². The van der Waals surface area contributed by atoms with E-state index in [0.717, 1.165) is 40.6 Å². The van der Waals surface area contributed by atoms with Gasteiger partial charge in [-0.2, -0.15) is 0 Å². The molecule has 0 amide bonds. The van der Waals surface area contributed by atoms with Crippen molar-refractivity contribution in [1.82, 2.24) is 14.0 Å². The van der Waals surface area contributed by atoms with Crippen molar-refractivity contribution in [3.05, 3.63) is 63.5 Å². The van der Waals surface area contributed by atoms with Crippen molar-refractivity contribution in [3.8, 4) is 5.69 Å². The number of fused-ring (bicyclic) bond motifs is 1. The van der Waals surface area contributed by atoms with Crippen LogP contribution in [-0.4, -0.2) is 38.0 Å². The third-order valence-corrected chi connectivity index (χ3v) is 5.78. The summed E-state index contributed by atoms with van der Waals surface area (Å²) in [7, 11) is 0. The lowest BCUT2D eigenvalue weighted by atomic mass is 10.2. The van der Waals surface area contributed by atoms with Gasteiger partial charge in [-0.1, -0.05) is 28.1 Å². The van der Waals surface area contributed by atoms with Crippen molar-refractivity contribution in [2.24, 2.45) is 0 Å². The number of aromatic nitrogens is 2. The van der Waals surface area contributed by atoms with E-state index in [4.69, 9.17) is 0 Å². The quantitative estimate of drug-likeness (QED) is 0.710. The Hall–Kier alpha value is -1.89. The van der Waals surface area contributed by atoms with Crippen molar-refractivity contribution in [2.45, 2.75) is 38.6 Å². The van der Waals surface area contributed by atoms with Crippen LogP contribution in [0, 0.1) is 0 Å². The van der Waals surface area contributed by atoms with Crippen LogP contribution in [0.15, 0.2) is 57.8 Å². The van der Waals surface area contributed by atoms with E-state index < -0.39 is 6.23 Å². The first kappa shape index (κ1) is 17.5. The molecule has 26 heavy (non-hydrogen) atoms. The summed E-state index contributed by atoms with van der Waals surface area (Å²) in [5.41, 5.74) is 2.38. The van der Waals surface area contributed by atoms with Crippen LogP contribution < -0.4 is 5.69 Å². The maximum Gasteiger partial charge on any atom is 0.333 e. The number of benzene rings is 2. The minimum atomic E-state index is -0.658. The summed E-state index contributed by atoms with van der Waals surface area (Å²) in [4.78, 5) is 15.3. The number of aliphatic hydroxyl groups excluding tert-OH is 1. The minimum Gasteiger partial charge on any atom is -0.376 e. The minimum absolute atomic E-state index is 0.126. The third kappa shape index (κ3) is 3.02. The van der Waals surface area contributed by atoms with Crippen LogP contribution in [0.1, 0.15) is 19.8 Å². The van der Waals surface area contributed by atoms with E-state index in [1.165, 1.54) is 0 Å². The van der Waals surface area contributed by atoms with Crippen molar-refractivity contribution < 1.29 is 5.11 Å². The highest BCUT2D eigenvalue weighted by atomic mass is 79.9. The van der Waals surface area contributed by atoms with E-state index >= 15 is 0 Å². The highest BCUT2D eigenvalue weighted by Gasteiger charge is 2.27. The van der Waals surface area contributed by atoms with Crippen molar-refractivity contribution >= 4 is 27.0 Å². The molecule has 1 saturated heterocycles. The fourth-order valence-corrected chi connectivity index (χ4v) is 4.16. The number of imidazole rings is 1. The van der Waals surface area contributed by atoms with Gasteiger partial charge in [0.05, 0.1) is 23.3 Å². The second kappa shape index (κ2) is 7.02. The average molecular weight is 416 g/mol. The Morgan fingerprint density at radius 2 is 1.85 bits per heavy atom. The zero-order chi connectivity index (χ0) is 18.3. The molecule has 1 unspecified atom stereocenters. The first-order valence-corrected chi connectivity index (χ1v) is 9.75. The summed E-state index contributed by atoms with van der Waals surface area (Å²) in [6, 6.07) is 15.8. The topological polar surface area (TPSA) is 50.4 Å². The Labute approximate surface area is 160 Å². The number of hydrogen-bond acceptors (Lipinski definition) is 3. The van der Waals surface area contributed by atoms with Gasteiger partial charge in [0.15, 0.2) is 0 Å². The molecule has 2 aromatic carbocycles. The lowest BCUT2D eigenvalue weighted by Crippen LogP contribution is -2.42. The maximum absolute atomic E-state index is 13.2. The Bertz CT molecular complexity index is 977. The van der Waals surface area contributed by atoms with E-state index in [9.17, 15) is 9.90 Å². The first-order chi connectivity index (χ1) is 12.6. The molecule has 2 heterocycles. The van der Waals surface area contributed by atoms with Gasteiger partial charge in [0.2, 0.25) is 0 Å². The monoisotopic (exact) mass is 415 g/mol. The normalized spacial score (nSPS) is 19.3. The van der Waals surface area contributed by atoms with Gasteiger partial charge in [-0.25, -0.2) is 4.79 Å². The number of halogens is 1. The van der Waals surface area contributed by atoms with Crippen LogP contribution in [0.5, 0.6) is 0 Å². The molecule has 1 N–H and O–H groups in total. The molecule has 1 aliphatic rings. The molecule has 0 spiro atoms. The molecule has 4 rings (SSSR count). The number of para-hydroxylation sites is 2. The molecule has 2 atom stereocenters. The average Bonchev–Trinajstić information content (AvgIpc) is 3.18. The number of nitrogens with zero attached hydrogens (tertiary/aromatic N) is 3. The molecule has 1 fully saturated rings. The molecule has 3 aromatic rings. The zero-order valence-electron chi connectivity index (χ0n) is 14.7. The summed E-state index contributed by atoms with van der Waals surface area (Å²) in [5, 5.41) is 10.7. The fourth-order valence-electron chi connectivity index (χ4n) is 3.89. The molecule has 0 saturated carbocycles. The van der Waals surface area contributed by atoms with Crippen LogP contribution in [0.4, 0.5) is 0 Å². The van der Waals surface area contributed by atoms with Crippen molar-refractivity contribution in [1.29, 1.82) is 0 Å². The van der Waals surface area contributed by atoms with E-state index in [2.05, 4.69) is 27.8 Å². The Morgan fingerprint density at radius 3 is 2.50 bits per heavy atom. The Kier molecular flexibility index (Phi) is 4.73. The predicted octanol–water partition coefficient (Wildman–Crippen LogP) is 3.36. The fraction of sp³-hybridized carbons (Fsp3) is 0.350. The van der Waals surface area contributed by atoms with Gasteiger partial charge in [-0.3, -0.25) is 14.0 Å². The number of hydrogen-bond donors (Lipinski definition) is 1. The summed E-state index contributed by atoms with van der Waals surface area (Å²) in [6.07, 6.45) is 1.52. The summed E-state index contributed by atoms with van der Waals surface area (Å²) >= 11 is 3.44. The van der Waals surface area contributed by atoms with Gasteiger partial charge < -0.3 is 5.11 Å². The van der Waals surface area contributed by atoms with Crippen molar-refractivity contribution in [2.75, 3.05) is 6.54 Å². The molecule has 0 aliphatic carbocycles. The van der Waals surface area contributed by atoms with Gasteiger partial charge in [0.25, 0.3) is 0 Å². The lowest BCUT2D eigenvalue weighted by molar-refractivity contribution is -0.0127. The first-order valence-electron chi connectivity index (χ1n) is 8.96. The highest BCUT2D eigenvalue weighted by molar-refractivity contribution is 9.10. The van der Waals surface area contributed by atoms with Crippen LogP contribution in [0.3, 0.4) is 0 Å². The second-order valence-electron chi connectivity index (χ2n) is 6.90. The standard InChI is InChI=1S/C20H22BrN3O2/c1-14-5-4-12-22(14)19(25)13-23-17-6-2-3-7-18(17)24(20(23)26)16-10-8-15(21)9-11-16/h2-3,6-11,14,19,25H,4-5,12-13H2,1H3/t14-,19?/m1/s1. The van der Waals surface area contributed by atoms with Gasteiger partial charge in [0, 0.05) is 17.1 Å². The van der Waals surface area contributed by atoms with Gasteiger partial charge >= 0.3 is 5.69 Å². The van der Waals surface area contributed by atoms with Gasteiger partial charge in [0.1, 0.15) is 6.23 Å². The zero-order valence-corrected chi connectivity index (χ0v) is 16.3. The molecule has 5 nitrogen and oxygen atoms in total. The molecular weight excluding hydrogens is 394 g/mol. The van der Waals surface area contributed by atoms with Crippen LogP contribution in [0.2, 0.25) is 0 Å². The number of likely N-dealkylation sites (tertiary alicyclic amines) is 1. The van der Waals surface area contributed by atoms with Crippen LogP contribution in [-0.2, 0) is 6.54 Å². The van der Waals surface area contributed by atoms with E-state index in [1.807, 2.05) is 48.5 Å². The second-order valence-corrected chi connectivity index (χ2v) is 7.82. The largest absolute Gasteiger partial charge is 0.376 e. The highest BCUT2D eigenvalue weighted by Crippen LogP contribution is 2.22. The Balaban J connectivity index is 1.79. The van der Waals surface area contributed by atoms with Crippen LogP contribution >= 0.6 is 15.9 Å². The molecule has 0 radical (unpaired) electrons. The third-order valence-electron chi connectivity index (χ3n) is 5.25. The lowest BCUT2D eigenvalue weighted by Gasteiger charge is -2.27. The molecular formula is C20H22BrN3O2. The maximum atomic E-state index is 13.2. The summed E-state index contributed by atoms with van der Waals surface area (Å²) < 4.78 is 4.37. The Morgan fingerprint density at radius 1 is 1.15 bits per heavy atom. The SMILES string of the molecule is C[C@@H]1CCCN1C(O)Cn1c(=O)n(-c2ccc(Br)cc2)c2ccccc21. The van der Waals surface area contributed by atoms with Gasteiger partial charge in [-0.05, 0) is 56.2 Å². The van der Waals surface area contributed by atoms with E-state index in [1.54, 1.807) is 9.13 Å². The molecule has 1 aromatic heterocycles.